The van der Waals surface area contributed by atoms with Crippen molar-refractivity contribution in [2.75, 3.05) is 6.54 Å². The molecule has 0 aliphatic heterocycles. The maximum atomic E-state index is 11.2. The number of carbonyl (C=O) groups is 1. The Morgan fingerprint density at radius 3 is 2.73 bits per heavy atom. The van der Waals surface area contributed by atoms with E-state index in [-0.39, 0.29) is 0 Å². The van der Waals surface area contributed by atoms with Gasteiger partial charge in [0.25, 0.3) is 0 Å². The molecule has 82 valence electrons. The fourth-order valence-electron chi connectivity index (χ4n) is 1.45. The van der Waals surface area contributed by atoms with Crippen LogP contribution < -0.4 is 5.32 Å². The van der Waals surface area contributed by atoms with Gasteiger partial charge in [0, 0.05) is 5.02 Å². The van der Waals surface area contributed by atoms with Gasteiger partial charge in [-0.25, -0.2) is 4.79 Å². The second-order valence-electron chi connectivity index (χ2n) is 3.47. The van der Waals surface area contributed by atoms with Crippen LogP contribution in [0.3, 0.4) is 0 Å². The van der Waals surface area contributed by atoms with Crippen molar-refractivity contribution in [2.45, 2.75) is 19.4 Å². The number of aliphatic carboxylic acids is 1. The molecule has 0 bridgehead atoms. The first-order valence-electron chi connectivity index (χ1n) is 4.75. The van der Waals surface area contributed by atoms with Crippen molar-refractivity contribution in [3.8, 4) is 0 Å². The highest BCUT2D eigenvalue weighted by Crippen LogP contribution is 2.23. The van der Waals surface area contributed by atoms with Gasteiger partial charge >= 0.3 is 5.97 Å². The molecule has 0 unspecified atom stereocenters. The fraction of sp³-hybridized carbons (Fsp3) is 0.364. The minimum atomic E-state index is -1.08. The van der Waals surface area contributed by atoms with Crippen LogP contribution in [-0.4, -0.2) is 17.6 Å². The molecule has 0 fully saturated rings. The second kappa shape index (κ2) is 4.64. The van der Waals surface area contributed by atoms with E-state index in [1.807, 2.05) is 6.92 Å². The van der Waals surface area contributed by atoms with Gasteiger partial charge in [-0.2, -0.15) is 0 Å². The van der Waals surface area contributed by atoms with E-state index in [4.69, 9.17) is 11.6 Å². The van der Waals surface area contributed by atoms with Crippen LogP contribution in [0, 0.1) is 0 Å². The zero-order chi connectivity index (χ0) is 11.5. The lowest BCUT2D eigenvalue weighted by Crippen LogP contribution is -2.46. The largest absolute Gasteiger partial charge is 0.480 e. The van der Waals surface area contributed by atoms with E-state index in [0.717, 1.165) is 0 Å². The zero-order valence-electron chi connectivity index (χ0n) is 8.75. The van der Waals surface area contributed by atoms with Gasteiger partial charge in [0.15, 0.2) is 0 Å². The van der Waals surface area contributed by atoms with Crippen molar-refractivity contribution in [1.29, 1.82) is 0 Å². The molecule has 1 aromatic carbocycles. The standard InChI is InChI=1S/C11H14ClNO2/c1-3-13-11(2,10(14)15)8-5-4-6-9(12)7-8/h4-7,13H,3H2,1-2H3,(H,14,15)/t11-/m0/s1. The Balaban J connectivity index is 3.15. The summed E-state index contributed by atoms with van der Waals surface area (Å²) in [5.74, 6) is -0.911. The summed E-state index contributed by atoms with van der Waals surface area (Å²) < 4.78 is 0. The normalized spacial score (nSPS) is 14.6. The Morgan fingerprint density at radius 1 is 1.60 bits per heavy atom. The fourth-order valence-corrected chi connectivity index (χ4v) is 1.64. The highest BCUT2D eigenvalue weighted by Gasteiger charge is 2.34. The van der Waals surface area contributed by atoms with E-state index in [0.29, 0.717) is 17.1 Å². The summed E-state index contributed by atoms with van der Waals surface area (Å²) in [6.07, 6.45) is 0. The van der Waals surface area contributed by atoms with E-state index in [1.54, 1.807) is 31.2 Å². The van der Waals surface area contributed by atoms with Gasteiger partial charge in [0.2, 0.25) is 0 Å². The number of hydrogen-bond donors (Lipinski definition) is 2. The lowest BCUT2D eigenvalue weighted by atomic mass is 9.92. The van der Waals surface area contributed by atoms with Crippen LogP contribution in [0.1, 0.15) is 19.4 Å². The van der Waals surface area contributed by atoms with Crippen LogP contribution >= 0.6 is 11.6 Å². The van der Waals surface area contributed by atoms with Crippen molar-refractivity contribution in [2.24, 2.45) is 0 Å². The lowest BCUT2D eigenvalue weighted by Gasteiger charge is -2.26. The van der Waals surface area contributed by atoms with Gasteiger partial charge in [-0.05, 0) is 31.2 Å². The van der Waals surface area contributed by atoms with E-state index in [1.165, 1.54) is 0 Å². The predicted octanol–water partition coefficient (Wildman–Crippen LogP) is 2.25. The predicted molar refractivity (Wildman–Crippen MR) is 60.1 cm³/mol. The zero-order valence-corrected chi connectivity index (χ0v) is 9.51. The average Bonchev–Trinajstić information content (AvgIpc) is 2.17. The maximum Gasteiger partial charge on any atom is 0.328 e. The second-order valence-corrected chi connectivity index (χ2v) is 3.91. The number of likely N-dealkylation sites (N-methyl/N-ethyl adjacent to an activating group) is 1. The maximum absolute atomic E-state index is 11.2. The van der Waals surface area contributed by atoms with Crippen LogP contribution in [0.2, 0.25) is 5.02 Å². The summed E-state index contributed by atoms with van der Waals surface area (Å²) in [6, 6.07) is 6.89. The van der Waals surface area contributed by atoms with E-state index < -0.39 is 11.5 Å². The number of halogens is 1. The van der Waals surface area contributed by atoms with E-state index in [2.05, 4.69) is 5.32 Å². The van der Waals surface area contributed by atoms with Crippen LogP contribution in [0.25, 0.3) is 0 Å². The Hall–Kier alpha value is -1.06. The number of nitrogens with one attached hydrogen (secondary N) is 1. The van der Waals surface area contributed by atoms with Crippen LogP contribution in [0.5, 0.6) is 0 Å². The molecule has 1 aromatic rings. The average molecular weight is 228 g/mol. The molecule has 1 rings (SSSR count). The minimum absolute atomic E-state index is 0.540. The van der Waals surface area contributed by atoms with Gasteiger partial charge in [-0.3, -0.25) is 5.32 Å². The third-order valence-corrected chi connectivity index (χ3v) is 2.60. The molecule has 2 N–H and O–H groups in total. The molecule has 0 amide bonds. The molecule has 0 saturated carbocycles. The Labute approximate surface area is 94.1 Å². The lowest BCUT2D eigenvalue weighted by molar-refractivity contribution is -0.144. The summed E-state index contributed by atoms with van der Waals surface area (Å²) >= 11 is 5.84. The summed E-state index contributed by atoms with van der Waals surface area (Å²) in [7, 11) is 0. The van der Waals surface area contributed by atoms with E-state index >= 15 is 0 Å². The van der Waals surface area contributed by atoms with Crippen molar-refractivity contribution >= 4 is 17.6 Å². The van der Waals surface area contributed by atoms with Gasteiger partial charge in [0.05, 0.1) is 0 Å². The minimum Gasteiger partial charge on any atom is -0.480 e. The summed E-state index contributed by atoms with van der Waals surface area (Å²) in [5.41, 5.74) is -0.427. The molecule has 0 saturated heterocycles. The molecule has 0 radical (unpaired) electrons. The smallest absolute Gasteiger partial charge is 0.328 e. The van der Waals surface area contributed by atoms with E-state index in [9.17, 15) is 9.90 Å². The summed E-state index contributed by atoms with van der Waals surface area (Å²) in [4.78, 5) is 11.2. The molecule has 0 aromatic heterocycles. The van der Waals surface area contributed by atoms with Crippen molar-refractivity contribution < 1.29 is 9.90 Å². The molecule has 3 nitrogen and oxygen atoms in total. The Kier molecular flexibility index (Phi) is 3.72. The van der Waals surface area contributed by atoms with Gasteiger partial charge in [0.1, 0.15) is 5.54 Å². The summed E-state index contributed by atoms with van der Waals surface area (Å²) in [5, 5.41) is 12.7. The number of carboxylic acid groups (broad SMARTS) is 1. The SMILES string of the molecule is CCN[C@](C)(C(=O)O)c1cccc(Cl)c1. The molecular weight excluding hydrogens is 214 g/mol. The first-order valence-corrected chi connectivity index (χ1v) is 5.13. The molecular formula is C11H14ClNO2. The molecule has 0 spiro atoms. The summed E-state index contributed by atoms with van der Waals surface area (Å²) in [6.45, 7) is 4.07. The van der Waals surface area contributed by atoms with Crippen LogP contribution in [-0.2, 0) is 10.3 Å². The molecule has 0 heterocycles. The number of benzene rings is 1. The number of rotatable bonds is 4. The van der Waals surface area contributed by atoms with Crippen molar-refractivity contribution in [3.05, 3.63) is 34.9 Å². The Bertz CT molecular complexity index is 367. The molecule has 1 atom stereocenters. The van der Waals surface area contributed by atoms with Crippen molar-refractivity contribution in [3.63, 3.8) is 0 Å². The highest BCUT2D eigenvalue weighted by atomic mass is 35.5. The molecule has 15 heavy (non-hydrogen) atoms. The third kappa shape index (κ3) is 2.49. The number of hydrogen-bond acceptors (Lipinski definition) is 2. The van der Waals surface area contributed by atoms with Crippen LogP contribution in [0.4, 0.5) is 0 Å². The topological polar surface area (TPSA) is 49.3 Å². The van der Waals surface area contributed by atoms with Gasteiger partial charge < -0.3 is 5.11 Å². The monoisotopic (exact) mass is 227 g/mol. The Morgan fingerprint density at radius 2 is 2.27 bits per heavy atom. The first kappa shape index (κ1) is 12.0. The number of carboxylic acids is 1. The van der Waals surface area contributed by atoms with Gasteiger partial charge in [-0.1, -0.05) is 30.7 Å². The quantitative estimate of drug-likeness (QED) is 0.830. The first-order chi connectivity index (χ1) is 7.00. The molecule has 0 aliphatic rings. The molecule has 4 heteroatoms. The highest BCUT2D eigenvalue weighted by molar-refractivity contribution is 6.30. The van der Waals surface area contributed by atoms with Gasteiger partial charge in [-0.15, -0.1) is 0 Å². The molecule has 0 aliphatic carbocycles. The van der Waals surface area contributed by atoms with Crippen LogP contribution in [0.15, 0.2) is 24.3 Å². The third-order valence-electron chi connectivity index (χ3n) is 2.36. The van der Waals surface area contributed by atoms with Crippen molar-refractivity contribution in [1.82, 2.24) is 5.32 Å².